The molecule has 0 bridgehead atoms. The summed E-state index contributed by atoms with van der Waals surface area (Å²) in [5.74, 6) is 0.343. The van der Waals surface area contributed by atoms with Crippen LogP contribution in [-0.4, -0.2) is 37.2 Å². The summed E-state index contributed by atoms with van der Waals surface area (Å²) in [6, 6.07) is 0.300. The highest BCUT2D eigenvalue weighted by molar-refractivity contribution is 14.0. The Balaban J connectivity index is 0. The van der Waals surface area contributed by atoms with Gasteiger partial charge >= 0.3 is 5.97 Å². The van der Waals surface area contributed by atoms with E-state index in [4.69, 9.17) is 4.74 Å². The van der Waals surface area contributed by atoms with E-state index in [0.29, 0.717) is 17.4 Å². The van der Waals surface area contributed by atoms with Crippen molar-refractivity contribution >= 4 is 35.9 Å². The lowest BCUT2D eigenvalue weighted by molar-refractivity contribution is -0.153. The van der Waals surface area contributed by atoms with Gasteiger partial charge in [-0.15, -0.1) is 24.0 Å². The topological polar surface area (TPSA) is 62.7 Å². The molecule has 0 radical (unpaired) electrons. The van der Waals surface area contributed by atoms with Crippen LogP contribution in [0.3, 0.4) is 0 Å². The summed E-state index contributed by atoms with van der Waals surface area (Å²) in [5.41, 5.74) is -0.140. The first-order valence-electron chi connectivity index (χ1n) is 7.62. The van der Waals surface area contributed by atoms with Gasteiger partial charge in [0.05, 0.1) is 0 Å². The highest BCUT2D eigenvalue weighted by Gasteiger charge is 2.17. The molecular weight excluding hydrogens is 393 g/mol. The van der Waals surface area contributed by atoms with Crippen molar-refractivity contribution in [3.63, 3.8) is 0 Å². The predicted octanol–water partition coefficient (Wildman–Crippen LogP) is 3.33. The van der Waals surface area contributed by atoms with Crippen molar-refractivity contribution in [1.82, 2.24) is 10.6 Å². The smallest absolute Gasteiger partial charge is 0.325 e. The number of hydrogen-bond donors (Lipinski definition) is 2. The molecule has 1 unspecified atom stereocenters. The van der Waals surface area contributed by atoms with Crippen molar-refractivity contribution in [3.8, 4) is 0 Å². The second-order valence-corrected chi connectivity index (χ2v) is 7.66. The van der Waals surface area contributed by atoms with Crippen molar-refractivity contribution in [1.29, 1.82) is 0 Å². The van der Waals surface area contributed by atoms with E-state index in [9.17, 15) is 4.79 Å². The Morgan fingerprint density at radius 3 is 2.14 bits per heavy atom. The molecule has 0 amide bonds. The minimum atomic E-state index is -0.463. The quantitative estimate of drug-likeness (QED) is 0.306. The number of nitrogens with zero attached hydrogens (tertiary/aromatic N) is 1. The van der Waals surface area contributed by atoms with Crippen LogP contribution in [0.4, 0.5) is 0 Å². The Morgan fingerprint density at radius 1 is 1.18 bits per heavy atom. The first-order chi connectivity index (χ1) is 9.43. The van der Waals surface area contributed by atoms with Crippen molar-refractivity contribution in [2.75, 3.05) is 13.6 Å². The van der Waals surface area contributed by atoms with Crippen LogP contribution >= 0.6 is 24.0 Å². The monoisotopic (exact) mass is 427 g/mol. The van der Waals surface area contributed by atoms with Gasteiger partial charge < -0.3 is 15.4 Å². The van der Waals surface area contributed by atoms with Crippen LogP contribution < -0.4 is 10.6 Å². The van der Waals surface area contributed by atoms with Crippen LogP contribution in [-0.2, 0) is 9.53 Å². The number of hydrogen-bond acceptors (Lipinski definition) is 3. The molecule has 0 aliphatic carbocycles. The standard InChI is InChI=1S/C16H33N3O2.HI/c1-12(9-10-15(2,3)4)19-14(17-8)18-11-13(20)21-16(5,6)7;/h12H,9-11H2,1-8H3,(H2,17,18,19);1H. The number of rotatable bonds is 5. The average Bonchev–Trinajstić information content (AvgIpc) is 2.28. The molecule has 5 nitrogen and oxygen atoms in total. The van der Waals surface area contributed by atoms with E-state index in [-0.39, 0.29) is 36.5 Å². The summed E-state index contributed by atoms with van der Waals surface area (Å²) >= 11 is 0. The second kappa shape index (κ2) is 10.3. The molecule has 0 aliphatic rings. The van der Waals surface area contributed by atoms with Gasteiger partial charge in [-0.1, -0.05) is 20.8 Å². The number of carbonyl (C=O) groups excluding carboxylic acids is 1. The number of esters is 1. The largest absolute Gasteiger partial charge is 0.459 e. The lowest BCUT2D eigenvalue weighted by atomic mass is 9.89. The van der Waals surface area contributed by atoms with E-state index in [0.717, 1.165) is 12.8 Å². The first-order valence-corrected chi connectivity index (χ1v) is 7.62. The number of halogens is 1. The van der Waals surface area contributed by atoms with Gasteiger partial charge in [0.25, 0.3) is 0 Å². The van der Waals surface area contributed by atoms with Gasteiger partial charge in [0.2, 0.25) is 0 Å². The minimum absolute atomic E-state index is 0. The molecule has 0 heterocycles. The molecule has 6 heteroatoms. The Kier molecular flexibility index (Phi) is 11.1. The highest BCUT2D eigenvalue weighted by Crippen LogP contribution is 2.21. The maximum atomic E-state index is 11.7. The number of guanidine groups is 1. The Labute approximate surface area is 153 Å². The Bertz CT molecular complexity index is 357. The summed E-state index contributed by atoms with van der Waals surface area (Å²) in [7, 11) is 1.70. The molecule has 132 valence electrons. The summed E-state index contributed by atoms with van der Waals surface area (Å²) in [4.78, 5) is 15.8. The normalized spacial score (nSPS) is 13.9. The number of nitrogens with one attached hydrogen (secondary N) is 2. The fourth-order valence-electron chi connectivity index (χ4n) is 1.68. The van der Waals surface area contributed by atoms with Gasteiger partial charge in [-0.05, 0) is 46.0 Å². The minimum Gasteiger partial charge on any atom is -0.459 e. The van der Waals surface area contributed by atoms with E-state index >= 15 is 0 Å². The van der Waals surface area contributed by atoms with Gasteiger partial charge in [0, 0.05) is 13.1 Å². The Morgan fingerprint density at radius 2 is 1.73 bits per heavy atom. The maximum Gasteiger partial charge on any atom is 0.325 e. The van der Waals surface area contributed by atoms with Crippen molar-refractivity contribution in [2.24, 2.45) is 10.4 Å². The summed E-state index contributed by atoms with van der Waals surface area (Å²) in [6.07, 6.45) is 2.18. The Hall–Kier alpha value is -0.530. The fraction of sp³-hybridized carbons (Fsp3) is 0.875. The third kappa shape index (κ3) is 14.4. The summed E-state index contributed by atoms with van der Waals surface area (Å²) in [6.45, 7) is 14.5. The highest BCUT2D eigenvalue weighted by atomic mass is 127. The lowest BCUT2D eigenvalue weighted by Gasteiger charge is -2.23. The number of aliphatic imine (C=N–C) groups is 1. The van der Waals surface area contributed by atoms with E-state index in [2.05, 4.69) is 43.3 Å². The van der Waals surface area contributed by atoms with E-state index in [1.54, 1.807) is 7.05 Å². The molecule has 0 aromatic carbocycles. The molecule has 0 fully saturated rings. The number of carbonyl (C=O) groups is 1. The van der Waals surface area contributed by atoms with Gasteiger partial charge in [-0.3, -0.25) is 9.79 Å². The first kappa shape index (κ1) is 23.7. The van der Waals surface area contributed by atoms with Crippen LogP contribution in [0.5, 0.6) is 0 Å². The lowest BCUT2D eigenvalue weighted by Crippen LogP contribution is -2.45. The molecule has 0 spiro atoms. The number of ether oxygens (including phenoxy) is 1. The third-order valence-electron chi connectivity index (χ3n) is 2.75. The van der Waals surface area contributed by atoms with Gasteiger partial charge in [0.1, 0.15) is 12.1 Å². The molecule has 0 saturated heterocycles. The molecule has 2 N–H and O–H groups in total. The zero-order valence-corrected chi connectivity index (χ0v) is 17.7. The molecule has 0 aromatic rings. The fourth-order valence-corrected chi connectivity index (χ4v) is 1.68. The molecule has 1 atom stereocenters. The van der Waals surface area contributed by atoms with E-state index in [1.165, 1.54) is 0 Å². The van der Waals surface area contributed by atoms with Crippen LogP contribution in [0.2, 0.25) is 0 Å². The van der Waals surface area contributed by atoms with Crippen molar-refractivity contribution in [3.05, 3.63) is 0 Å². The van der Waals surface area contributed by atoms with Crippen LogP contribution in [0.15, 0.2) is 4.99 Å². The molecule has 0 saturated carbocycles. The maximum absolute atomic E-state index is 11.7. The van der Waals surface area contributed by atoms with Crippen molar-refractivity contribution < 1.29 is 9.53 Å². The SMILES string of the molecule is CN=C(NCC(=O)OC(C)(C)C)NC(C)CCC(C)(C)C.I. The zero-order chi connectivity index (χ0) is 16.7. The molecule has 0 aromatic heterocycles. The van der Waals surface area contributed by atoms with Crippen LogP contribution in [0, 0.1) is 5.41 Å². The van der Waals surface area contributed by atoms with Crippen LogP contribution in [0.1, 0.15) is 61.3 Å². The van der Waals surface area contributed by atoms with Crippen LogP contribution in [0.25, 0.3) is 0 Å². The van der Waals surface area contributed by atoms with Crippen molar-refractivity contribution in [2.45, 2.75) is 73.0 Å². The van der Waals surface area contributed by atoms with E-state index < -0.39 is 5.60 Å². The predicted molar refractivity (Wildman–Crippen MR) is 104 cm³/mol. The van der Waals surface area contributed by atoms with E-state index in [1.807, 2.05) is 20.8 Å². The van der Waals surface area contributed by atoms with Gasteiger partial charge in [0.15, 0.2) is 5.96 Å². The summed E-state index contributed by atoms with van der Waals surface area (Å²) in [5, 5.41) is 6.27. The average molecular weight is 427 g/mol. The second-order valence-electron chi connectivity index (χ2n) is 7.66. The molecule has 0 aliphatic heterocycles. The molecule has 22 heavy (non-hydrogen) atoms. The molecular formula is C16H34IN3O2. The van der Waals surface area contributed by atoms with Gasteiger partial charge in [-0.2, -0.15) is 0 Å². The molecule has 0 rings (SSSR count). The zero-order valence-electron chi connectivity index (χ0n) is 15.4. The third-order valence-corrected chi connectivity index (χ3v) is 2.75. The van der Waals surface area contributed by atoms with Gasteiger partial charge in [-0.25, -0.2) is 0 Å². The summed E-state index contributed by atoms with van der Waals surface area (Å²) < 4.78 is 5.25.